The van der Waals surface area contributed by atoms with E-state index in [9.17, 15) is 8.76 Å². The van der Waals surface area contributed by atoms with E-state index in [4.69, 9.17) is 4.74 Å². The van der Waals surface area contributed by atoms with Gasteiger partial charge in [-0.05, 0) is 12.5 Å². The molecule has 0 aliphatic carbocycles. The van der Waals surface area contributed by atoms with Crippen molar-refractivity contribution in [2.75, 3.05) is 6.61 Å². The van der Waals surface area contributed by atoms with Gasteiger partial charge >= 0.3 is 0 Å². The van der Waals surface area contributed by atoms with Gasteiger partial charge in [0.05, 0.1) is 6.61 Å². The van der Waals surface area contributed by atoms with E-state index >= 15 is 0 Å². The van der Waals surface area contributed by atoms with Gasteiger partial charge in [0, 0.05) is 11.3 Å². The van der Waals surface area contributed by atoms with Gasteiger partial charge in [-0.3, -0.25) is 4.21 Å². The highest BCUT2D eigenvalue weighted by Crippen LogP contribution is 2.19. The summed E-state index contributed by atoms with van der Waals surface area (Å²) in [7, 11) is 0. The van der Waals surface area contributed by atoms with Crippen molar-refractivity contribution in [3.05, 3.63) is 29.8 Å². The van der Waals surface area contributed by atoms with Gasteiger partial charge in [-0.1, -0.05) is 36.2 Å². The Labute approximate surface area is 86.4 Å². The number of rotatable bonds is 5. The van der Waals surface area contributed by atoms with Crippen LogP contribution in [0.15, 0.2) is 24.3 Å². The molecule has 0 saturated heterocycles. The zero-order valence-electron chi connectivity index (χ0n) is 8.06. The van der Waals surface area contributed by atoms with E-state index in [-0.39, 0.29) is 5.75 Å². The quantitative estimate of drug-likeness (QED) is 0.701. The van der Waals surface area contributed by atoms with Crippen LogP contribution in [-0.4, -0.2) is 15.4 Å². The van der Waals surface area contributed by atoms with Crippen LogP contribution in [0.5, 0.6) is 5.75 Å². The first-order valence-electron chi connectivity index (χ1n) is 4.50. The monoisotopic (exact) mass is 213 g/mol. The molecule has 1 unspecified atom stereocenters. The van der Waals surface area contributed by atoms with Gasteiger partial charge in [0.1, 0.15) is 5.75 Å². The van der Waals surface area contributed by atoms with Crippen LogP contribution in [0.4, 0.5) is 0 Å². The number of hydrogen-bond donors (Lipinski definition) is 0. The van der Waals surface area contributed by atoms with Crippen molar-refractivity contribution in [2.45, 2.75) is 19.1 Å². The molecule has 0 aliphatic heterocycles. The second kappa shape index (κ2) is 5.78. The van der Waals surface area contributed by atoms with E-state index < -0.39 is 11.1 Å². The van der Waals surface area contributed by atoms with E-state index in [0.29, 0.717) is 17.9 Å². The molecule has 0 amide bonds. The maximum atomic E-state index is 10.5. The van der Waals surface area contributed by atoms with E-state index in [1.54, 1.807) is 18.2 Å². The Morgan fingerprint density at radius 3 is 2.79 bits per heavy atom. The number of hydrogen-bond acceptors (Lipinski definition) is 3. The Hall–Kier alpha value is -0.870. The average Bonchev–Trinajstić information content (AvgIpc) is 2.16. The normalized spacial score (nSPS) is 12.4. The van der Waals surface area contributed by atoms with Crippen molar-refractivity contribution in [1.82, 2.24) is 0 Å². The maximum Gasteiger partial charge on any atom is 0.123 e. The third-order valence-electron chi connectivity index (χ3n) is 1.71. The third-order valence-corrected chi connectivity index (χ3v) is 2.25. The first-order valence-corrected chi connectivity index (χ1v) is 5.75. The molecule has 14 heavy (non-hydrogen) atoms. The Balaban J connectivity index is 2.74. The van der Waals surface area contributed by atoms with Crippen LogP contribution in [0, 0.1) is 0 Å². The summed E-state index contributed by atoms with van der Waals surface area (Å²) in [5, 5.41) is 0. The molecule has 0 aromatic heterocycles. The summed E-state index contributed by atoms with van der Waals surface area (Å²) in [5.41, 5.74) is 0.717. The summed E-state index contributed by atoms with van der Waals surface area (Å²) in [6.07, 6.45) is 0.912. The minimum Gasteiger partial charge on any atom is -0.772 e. The van der Waals surface area contributed by atoms with Gasteiger partial charge in [-0.2, -0.15) is 0 Å². The Morgan fingerprint density at radius 1 is 1.43 bits per heavy atom. The molecule has 1 atom stereocenters. The van der Waals surface area contributed by atoms with Crippen molar-refractivity contribution in [2.24, 2.45) is 0 Å². The molecule has 3 nitrogen and oxygen atoms in total. The number of ether oxygens (including phenoxy) is 1. The fraction of sp³-hybridized carbons (Fsp3) is 0.400. The minimum absolute atomic E-state index is 0.0138. The molecule has 0 bridgehead atoms. The van der Waals surface area contributed by atoms with Gasteiger partial charge in [-0.15, -0.1) is 0 Å². The van der Waals surface area contributed by atoms with Crippen molar-refractivity contribution in [3.8, 4) is 5.75 Å². The van der Waals surface area contributed by atoms with Crippen molar-refractivity contribution >= 4 is 11.1 Å². The van der Waals surface area contributed by atoms with Crippen LogP contribution in [-0.2, 0) is 16.8 Å². The van der Waals surface area contributed by atoms with E-state index in [0.717, 1.165) is 6.42 Å². The predicted octanol–water partition coefficient (Wildman–Crippen LogP) is 1.85. The van der Waals surface area contributed by atoms with Crippen LogP contribution in [0.25, 0.3) is 0 Å². The summed E-state index contributed by atoms with van der Waals surface area (Å²) >= 11 is -2.06. The van der Waals surface area contributed by atoms with E-state index in [1.165, 1.54) is 0 Å². The molecule has 78 valence electrons. The van der Waals surface area contributed by atoms with Crippen molar-refractivity contribution < 1.29 is 13.5 Å². The summed E-state index contributed by atoms with van der Waals surface area (Å²) in [6, 6.07) is 7.20. The largest absolute Gasteiger partial charge is 0.772 e. The third kappa shape index (κ3) is 3.47. The highest BCUT2D eigenvalue weighted by molar-refractivity contribution is 7.78. The SMILES string of the molecule is CCCOc1ccccc1CS(=O)[O-]. The Bertz CT molecular complexity index is 312. The summed E-state index contributed by atoms with van der Waals surface area (Å²) in [4.78, 5) is 0. The summed E-state index contributed by atoms with van der Waals surface area (Å²) in [5.74, 6) is 0.679. The van der Waals surface area contributed by atoms with Gasteiger partial charge in [0.2, 0.25) is 0 Å². The molecule has 0 spiro atoms. The van der Waals surface area contributed by atoms with E-state index in [1.807, 2.05) is 13.0 Å². The molecule has 0 heterocycles. The molecule has 1 aromatic carbocycles. The molecule has 0 saturated carbocycles. The molecule has 4 heteroatoms. The molecule has 0 radical (unpaired) electrons. The van der Waals surface area contributed by atoms with Crippen LogP contribution in [0.1, 0.15) is 18.9 Å². The Kier molecular flexibility index (Phi) is 4.62. The van der Waals surface area contributed by atoms with Crippen molar-refractivity contribution in [1.29, 1.82) is 0 Å². The zero-order valence-corrected chi connectivity index (χ0v) is 8.88. The minimum atomic E-state index is -2.06. The number of para-hydroxylation sites is 1. The summed E-state index contributed by atoms with van der Waals surface area (Å²) < 4.78 is 26.5. The molecular weight excluding hydrogens is 200 g/mol. The fourth-order valence-corrected chi connectivity index (χ4v) is 1.60. The zero-order chi connectivity index (χ0) is 10.4. The second-order valence-electron chi connectivity index (χ2n) is 2.90. The van der Waals surface area contributed by atoms with Gasteiger partial charge < -0.3 is 9.29 Å². The van der Waals surface area contributed by atoms with Crippen LogP contribution < -0.4 is 4.74 Å². The van der Waals surface area contributed by atoms with Gasteiger partial charge in [-0.25, -0.2) is 0 Å². The van der Waals surface area contributed by atoms with Gasteiger partial charge in [0.25, 0.3) is 0 Å². The first-order chi connectivity index (χ1) is 6.74. The lowest BCUT2D eigenvalue weighted by Crippen LogP contribution is -2.01. The standard InChI is InChI=1S/C10H14O3S/c1-2-7-13-10-6-4-3-5-9(10)8-14(11)12/h3-6H,2,7-8H2,1H3,(H,11,12)/p-1. The molecular formula is C10H13O3S-. The molecule has 0 aliphatic rings. The lowest BCUT2D eigenvalue weighted by Gasteiger charge is -2.11. The van der Waals surface area contributed by atoms with Gasteiger partial charge in [0.15, 0.2) is 0 Å². The van der Waals surface area contributed by atoms with Crippen LogP contribution in [0.3, 0.4) is 0 Å². The smallest absolute Gasteiger partial charge is 0.123 e. The highest BCUT2D eigenvalue weighted by atomic mass is 32.2. The molecule has 0 N–H and O–H groups in total. The lowest BCUT2D eigenvalue weighted by atomic mass is 10.2. The maximum absolute atomic E-state index is 10.5. The van der Waals surface area contributed by atoms with Crippen molar-refractivity contribution in [3.63, 3.8) is 0 Å². The lowest BCUT2D eigenvalue weighted by molar-refractivity contribution is 0.315. The second-order valence-corrected chi connectivity index (χ2v) is 3.80. The molecule has 0 fully saturated rings. The average molecular weight is 213 g/mol. The Morgan fingerprint density at radius 2 is 2.14 bits per heavy atom. The number of benzene rings is 1. The van der Waals surface area contributed by atoms with E-state index in [2.05, 4.69) is 0 Å². The fourth-order valence-electron chi connectivity index (χ4n) is 1.10. The summed E-state index contributed by atoms with van der Waals surface area (Å²) in [6.45, 7) is 2.62. The molecule has 1 rings (SSSR count). The molecule has 1 aromatic rings. The van der Waals surface area contributed by atoms with Crippen LogP contribution >= 0.6 is 0 Å². The highest BCUT2D eigenvalue weighted by Gasteiger charge is 2.01. The topological polar surface area (TPSA) is 49.4 Å². The van der Waals surface area contributed by atoms with Crippen LogP contribution in [0.2, 0.25) is 0 Å². The predicted molar refractivity (Wildman–Crippen MR) is 54.9 cm³/mol. The first kappa shape index (κ1) is 11.2.